The van der Waals surface area contributed by atoms with Crippen molar-refractivity contribution < 1.29 is 4.79 Å². The number of nitrogens with two attached hydrogens (primary N) is 1. The van der Waals surface area contributed by atoms with Gasteiger partial charge in [0.15, 0.2) is 0 Å². The van der Waals surface area contributed by atoms with Gasteiger partial charge in [0, 0.05) is 40.2 Å². The standard InChI is InChI=1S/C20H24N4OS/c1-12(21)13-2-4-14(5-3-13)20(25)24-17-6-8-22-19-16(17)10-18(23-19)15-7-9-26-11-15/h6-14H,2-5,21H2,1H3,(H2,22,23,24,25)/t12?,13-,14-. The number of anilines is 1. The predicted octanol–water partition coefficient (Wildman–Crippen LogP) is 4.38. The summed E-state index contributed by atoms with van der Waals surface area (Å²) in [7, 11) is 0. The first-order valence-corrected chi connectivity index (χ1v) is 10.1. The minimum Gasteiger partial charge on any atom is -0.339 e. The van der Waals surface area contributed by atoms with E-state index in [0.29, 0.717) is 5.92 Å². The molecular formula is C20H24N4OS. The first-order chi connectivity index (χ1) is 12.6. The summed E-state index contributed by atoms with van der Waals surface area (Å²) in [6, 6.07) is 6.23. The number of carbonyl (C=O) groups is 1. The van der Waals surface area contributed by atoms with Crippen LogP contribution in [0.15, 0.2) is 35.2 Å². The van der Waals surface area contributed by atoms with Gasteiger partial charge >= 0.3 is 0 Å². The van der Waals surface area contributed by atoms with Gasteiger partial charge in [-0.05, 0) is 62.1 Å². The number of amides is 1. The maximum atomic E-state index is 12.8. The number of aromatic amines is 1. The number of nitrogens with zero attached hydrogens (tertiary/aromatic N) is 1. The van der Waals surface area contributed by atoms with Gasteiger partial charge in [0.1, 0.15) is 5.65 Å². The number of rotatable bonds is 4. The molecule has 0 aromatic carbocycles. The summed E-state index contributed by atoms with van der Waals surface area (Å²) in [6.07, 6.45) is 5.64. The zero-order valence-corrected chi connectivity index (χ0v) is 15.7. The third-order valence-electron chi connectivity index (χ3n) is 5.51. The van der Waals surface area contributed by atoms with Gasteiger partial charge in [0.2, 0.25) is 5.91 Å². The van der Waals surface area contributed by atoms with Crippen LogP contribution in [0.2, 0.25) is 0 Å². The molecule has 3 heterocycles. The van der Waals surface area contributed by atoms with E-state index in [4.69, 9.17) is 5.73 Å². The largest absolute Gasteiger partial charge is 0.339 e. The van der Waals surface area contributed by atoms with Crippen molar-refractivity contribution in [3.8, 4) is 11.3 Å². The first-order valence-electron chi connectivity index (χ1n) is 9.18. The SMILES string of the molecule is CC(N)[C@H]1CC[C@H](C(=O)Nc2ccnc3[nH]c(-c4ccsc4)cc23)CC1. The highest BCUT2D eigenvalue weighted by molar-refractivity contribution is 7.08. The summed E-state index contributed by atoms with van der Waals surface area (Å²) >= 11 is 1.66. The van der Waals surface area contributed by atoms with Crippen LogP contribution in [-0.4, -0.2) is 21.9 Å². The minimum absolute atomic E-state index is 0.0727. The molecule has 1 unspecified atom stereocenters. The second-order valence-corrected chi connectivity index (χ2v) is 8.06. The Morgan fingerprint density at radius 3 is 2.85 bits per heavy atom. The minimum atomic E-state index is 0.0727. The lowest BCUT2D eigenvalue weighted by Gasteiger charge is -2.30. The molecule has 1 aliphatic carbocycles. The Morgan fingerprint density at radius 1 is 1.35 bits per heavy atom. The fourth-order valence-corrected chi connectivity index (χ4v) is 4.51. The molecule has 4 rings (SSSR count). The molecule has 0 spiro atoms. The van der Waals surface area contributed by atoms with Crippen LogP contribution < -0.4 is 11.1 Å². The molecule has 1 atom stereocenters. The molecule has 3 aromatic rings. The Morgan fingerprint density at radius 2 is 2.15 bits per heavy atom. The van der Waals surface area contributed by atoms with Crippen molar-refractivity contribution in [1.82, 2.24) is 9.97 Å². The average molecular weight is 369 g/mol. The van der Waals surface area contributed by atoms with Crippen LogP contribution in [0, 0.1) is 11.8 Å². The van der Waals surface area contributed by atoms with Gasteiger partial charge in [-0.3, -0.25) is 4.79 Å². The molecule has 6 heteroatoms. The quantitative estimate of drug-likeness (QED) is 0.639. The van der Waals surface area contributed by atoms with Crippen LogP contribution >= 0.6 is 11.3 Å². The van der Waals surface area contributed by atoms with Crippen LogP contribution in [0.5, 0.6) is 0 Å². The molecule has 1 fully saturated rings. The summed E-state index contributed by atoms with van der Waals surface area (Å²) in [5.74, 6) is 0.729. The molecule has 0 saturated heterocycles. The highest BCUT2D eigenvalue weighted by Crippen LogP contribution is 2.33. The van der Waals surface area contributed by atoms with E-state index in [1.54, 1.807) is 17.5 Å². The number of aromatic nitrogens is 2. The average Bonchev–Trinajstić information content (AvgIpc) is 3.31. The summed E-state index contributed by atoms with van der Waals surface area (Å²) in [5, 5.41) is 8.23. The van der Waals surface area contributed by atoms with Gasteiger partial charge < -0.3 is 16.0 Å². The number of carbonyl (C=O) groups excluding carboxylic acids is 1. The van der Waals surface area contributed by atoms with E-state index >= 15 is 0 Å². The van der Waals surface area contributed by atoms with Crippen molar-refractivity contribution in [3.05, 3.63) is 35.2 Å². The monoisotopic (exact) mass is 368 g/mol. The smallest absolute Gasteiger partial charge is 0.227 e. The maximum absolute atomic E-state index is 12.8. The molecular weight excluding hydrogens is 344 g/mol. The van der Waals surface area contributed by atoms with E-state index in [9.17, 15) is 4.79 Å². The molecule has 136 valence electrons. The number of nitrogens with one attached hydrogen (secondary N) is 2. The zero-order valence-electron chi connectivity index (χ0n) is 14.9. The van der Waals surface area contributed by atoms with Crippen LogP contribution in [0.25, 0.3) is 22.3 Å². The van der Waals surface area contributed by atoms with E-state index in [1.165, 1.54) is 0 Å². The van der Waals surface area contributed by atoms with Crippen LogP contribution in [0.1, 0.15) is 32.6 Å². The van der Waals surface area contributed by atoms with Gasteiger partial charge in [-0.1, -0.05) is 0 Å². The fraction of sp³-hybridized carbons (Fsp3) is 0.400. The summed E-state index contributed by atoms with van der Waals surface area (Å²) in [6.45, 7) is 2.07. The highest BCUT2D eigenvalue weighted by atomic mass is 32.1. The highest BCUT2D eigenvalue weighted by Gasteiger charge is 2.28. The zero-order chi connectivity index (χ0) is 18.1. The lowest BCUT2D eigenvalue weighted by Crippen LogP contribution is -2.33. The molecule has 1 aliphatic rings. The summed E-state index contributed by atoms with van der Waals surface area (Å²) in [5.41, 5.74) is 9.79. The van der Waals surface area contributed by atoms with Gasteiger partial charge in [-0.15, -0.1) is 0 Å². The number of hydrogen-bond acceptors (Lipinski definition) is 4. The lowest BCUT2D eigenvalue weighted by molar-refractivity contribution is -0.121. The second kappa shape index (κ2) is 7.21. The maximum Gasteiger partial charge on any atom is 0.227 e. The molecule has 1 amide bonds. The normalized spacial score (nSPS) is 21.6. The van der Waals surface area contributed by atoms with Crippen molar-refractivity contribution in [1.29, 1.82) is 0 Å². The van der Waals surface area contributed by atoms with Gasteiger partial charge in [0.25, 0.3) is 0 Å². The molecule has 0 aliphatic heterocycles. The van der Waals surface area contributed by atoms with Gasteiger partial charge in [0.05, 0.1) is 5.69 Å². The third-order valence-corrected chi connectivity index (χ3v) is 6.19. The van der Waals surface area contributed by atoms with Crippen molar-refractivity contribution >= 4 is 34.0 Å². The van der Waals surface area contributed by atoms with Gasteiger partial charge in [-0.2, -0.15) is 11.3 Å². The number of thiophene rings is 1. The van der Waals surface area contributed by atoms with Crippen molar-refractivity contribution in [2.24, 2.45) is 17.6 Å². The Hall–Kier alpha value is -2.18. The molecule has 5 nitrogen and oxygen atoms in total. The van der Waals surface area contributed by atoms with Crippen LogP contribution in [0.3, 0.4) is 0 Å². The molecule has 3 aromatic heterocycles. The Kier molecular flexibility index (Phi) is 4.78. The van der Waals surface area contributed by atoms with E-state index in [0.717, 1.165) is 53.7 Å². The van der Waals surface area contributed by atoms with E-state index < -0.39 is 0 Å². The molecule has 4 N–H and O–H groups in total. The number of hydrogen-bond donors (Lipinski definition) is 3. The number of H-pyrrole nitrogens is 1. The van der Waals surface area contributed by atoms with E-state index in [1.807, 2.05) is 6.07 Å². The van der Waals surface area contributed by atoms with E-state index in [-0.39, 0.29) is 17.9 Å². The van der Waals surface area contributed by atoms with Crippen molar-refractivity contribution in [3.63, 3.8) is 0 Å². The lowest BCUT2D eigenvalue weighted by atomic mass is 9.79. The molecule has 0 radical (unpaired) electrons. The van der Waals surface area contributed by atoms with Crippen LogP contribution in [-0.2, 0) is 4.79 Å². The van der Waals surface area contributed by atoms with E-state index in [2.05, 4.69) is 45.1 Å². The second-order valence-electron chi connectivity index (χ2n) is 7.28. The number of pyridine rings is 1. The Balaban J connectivity index is 1.51. The van der Waals surface area contributed by atoms with Gasteiger partial charge in [-0.25, -0.2) is 4.98 Å². The van der Waals surface area contributed by atoms with Crippen molar-refractivity contribution in [2.75, 3.05) is 5.32 Å². The predicted molar refractivity (Wildman–Crippen MR) is 107 cm³/mol. The molecule has 0 bridgehead atoms. The fourth-order valence-electron chi connectivity index (χ4n) is 3.85. The first kappa shape index (κ1) is 17.2. The molecule has 26 heavy (non-hydrogen) atoms. The third kappa shape index (κ3) is 3.39. The topological polar surface area (TPSA) is 83.8 Å². The summed E-state index contributed by atoms with van der Waals surface area (Å²) in [4.78, 5) is 20.5. The Labute approximate surface area is 157 Å². The summed E-state index contributed by atoms with van der Waals surface area (Å²) < 4.78 is 0. The van der Waals surface area contributed by atoms with Crippen molar-refractivity contribution in [2.45, 2.75) is 38.6 Å². The Bertz CT molecular complexity index is 892. The number of fused-ring (bicyclic) bond motifs is 1. The molecule has 1 saturated carbocycles. The van der Waals surface area contributed by atoms with Crippen LogP contribution in [0.4, 0.5) is 5.69 Å².